The van der Waals surface area contributed by atoms with Crippen molar-refractivity contribution < 1.29 is 37.3 Å². The predicted octanol–water partition coefficient (Wildman–Crippen LogP) is 10.7. The smallest absolute Gasteiger partial charge is 0.306 e. The van der Waals surface area contributed by atoms with Gasteiger partial charge in [-0.2, -0.15) is 0 Å². The molecular weight excluding hydrogens is 661 g/mol. The van der Waals surface area contributed by atoms with Crippen molar-refractivity contribution in [3.8, 4) is 0 Å². The van der Waals surface area contributed by atoms with E-state index in [2.05, 4.69) is 74.6 Å². The first-order valence-corrected chi connectivity index (χ1v) is 21.5. The number of allylic oxidation sites excluding steroid dienone is 10. The standard InChI is InChI=1S/C42H76NO7P/c1-6-8-10-12-14-16-18-19-20-21-22-23-24-25-26-27-29-31-33-35-42(44)50-41(40-49-51(45,46)48-38-36-43(3,4)5)39-47-37-34-32-30-28-17-15-13-11-9-7-2/h8,10,14,16,19-20,22-23,25-26,41H,6-7,9,11-13,15,17-18,21,24,27-40H2,1-5H3/b10-8-,16-14-,20-19-,23-22-,26-25-. The molecule has 0 saturated heterocycles. The zero-order valence-electron chi connectivity index (χ0n) is 33.3. The first-order chi connectivity index (χ1) is 24.6. The number of nitrogens with zero attached hydrogens (tertiary/aromatic N) is 1. The van der Waals surface area contributed by atoms with Gasteiger partial charge in [0.1, 0.15) is 19.3 Å². The van der Waals surface area contributed by atoms with Crippen molar-refractivity contribution in [2.24, 2.45) is 0 Å². The molecule has 0 fully saturated rings. The topological polar surface area (TPSA) is 94.1 Å². The van der Waals surface area contributed by atoms with Crippen LogP contribution in [0.3, 0.4) is 0 Å². The van der Waals surface area contributed by atoms with Crippen LogP contribution in [-0.4, -0.2) is 70.7 Å². The molecule has 2 unspecified atom stereocenters. The number of likely N-dealkylation sites (N-methyl/N-ethyl adjacent to an activating group) is 1. The molecule has 296 valence electrons. The van der Waals surface area contributed by atoms with Crippen LogP contribution in [0.1, 0.15) is 142 Å². The minimum atomic E-state index is -4.53. The number of esters is 1. The molecule has 0 heterocycles. The quantitative estimate of drug-likeness (QED) is 0.0208. The molecule has 8 nitrogen and oxygen atoms in total. The molecule has 2 atom stereocenters. The minimum Gasteiger partial charge on any atom is -0.756 e. The van der Waals surface area contributed by atoms with Gasteiger partial charge in [-0.05, 0) is 57.8 Å². The van der Waals surface area contributed by atoms with E-state index in [4.69, 9.17) is 18.5 Å². The number of quaternary nitrogens is 1. The second-order valence-corrected chi connectivity index (χ2v) is 15.7. The van der Waals surface area contributed by atoms with Crippen LogP contribution in [-0.2, 0) is 27.9 Å². The molecule has 0 aromatic heterocycles. The lowest BCUT2D eigenvalue weighted by molar-refractivity contribution is -0.870. The van der Waals surface area contributed by atoms with Gasteiger partial charge < -0.3 is 27.9 Å². The third kappa shape index (κ3) is 39.2. The maximum Gasteiger partial charge on any atom is 0.306 e. The SMILES string of the molecule is CC/C=C\C/C=C\C/C=C\C/C=C\C/C=C\CCCCCC(=O)OC(COCCCCCCCCCCCC)COP(=O)([O-])OCC[N+](C)(C)C. The highest BCUT2D eigenvalue weighted by Gasteiger charge is 2.20. The van der Waals surface area contributed by atoms with Gasteiger partial charge in [0.2, 0.25) is 0 Å². The molecule has 0 bridgehead atoms. The summed E-state index contributed by atoms with van der Waals surface area (Å²) in [6, 6.07) is 0. The molecule has 0 aromatic carbocycles. The van der Waals surface area contributed by atoms with Crippen molar-refractivity contribution in [3.63, 3.8) is 0 Å². The Bertz CT molecular complexity index is 1000. The van der Waals surface area contributed by atoms with Crippen molar-refractivity contribution in [3.05, 3.63) is 60.8 Å². The van der Waals surface area contributed by atoms with Crippen LogP contribution >= 0.6 is 7.82 Å². The molecule has 0 radical (unpaired) electrons. The van der Waals surface area contributed by atoms with Gasteiger partial charge in [0, 0.05) is 13.0 Å². The van der Waals surface area contributed by atoms with E-state index in [0.29, 0.717) is 24.1 Å². The molecule has 51 heavy (non-hydrogen) atoms. The van der Waals surface area contributed by atoms with Crippen LogP contribution in [0.5, 0.6) is 0 Å². The number of ether oxygens (including phenoxy) is 2. The Morgan fingerprint density at radius 1 is 0.627 bits per heavy atom. The molecule has 0 amide bonds. The number of carbonyl (C=O) groups is 1. The third-order valence-corrected chi connectivity index (χ3v) is 9.05. The Kier molecular flexibility index (Phi) is 34.0. The molecule has 0 spiro atoms. The number of rotatable bonds is 36. The number of phosphoric acid groups is 1. The van der Waals surface area contributed by atoms with E-state index in [1.165, 1.54) is 51.4 Å². The maximum absolute atomic E-state index is 12.6. The van der Waals surface area contributed by atoms with Gasteiger partial charge in [-0.15, -0.1) is 0 Å². The van der Waals surface area contributed by atoms with E-state index in [9.17, 15) is 14.3 Å². The molecule has 0 aliphatic heterocycles. The highest BCUT2D eigenvalue weighted by molar-refractivity contribution is 7.45. The summed E-state index contributed by atoms with van der Waals surface area (Å²) >= 11 is 0. The molecular formula is C42H76NO7P. The van der Waals surface area contributed by atoms with Gasteiger partial charge in [0.25, 0.3) is 7.82 Å². The van der Waals surface area contributed by atoms with Gasteiger partial charge in [0.15, 0.2) is 0 Å². The van der Waals surface area contributed by atoms with Crippen molar-refractivity contribution in [1.82, 2.24) is 0 Å². The predicted molar refractivity (Wildman–Crippen MR) is 212 cm³/mol. The normalized spacial score (nSPS) is 14.5. The number of hydrogen-bond acceptors (Lipinski definition) is 7. The minimum absolute atomic E-state index is 0.0175. The lowest BCUT2D eigenvalue weighted by Crippen LogP contribution is -2.37. The molecule has 9 heteroatoms. The van der Waals surface area contributed by atoms with Crippen LogP contribution in [0, 0.1) is 0 Å². The Labute approximate surface area is 313 Å². The second-order valence-electron chi connectivity index (χ2n) is 14.3. The summed E-state index contributed by atoms with van der Waals surface area (Å²) in [4.78, 5) is 24.9. The lowest BCUT2D eigenvalue weighted by Gasteiger charge is -2.28. The van der Waals surface area contributed by atoms with Gasteiger partial charge in [-0.25, -0.2) is 0 Å². The van der Waals surface area contributed by atoms with E-state index in [1.807, 2.05) is 21.1 Å². The van der Waals surface area contributed by atoms with Crippen molar-refractivity contribution in [1.29, 1.82) is 0 Å². The fourth-order valence-electron chi connectivity index (χ4n) is 4.98. The van der Waals surface area contributed by atoms with E-state index < -0.39 is 13.9 Å². The zero-order chi connectivity index (χ0) is 37.7. The van der Waals surface area contributed by atoms with Crippen LogP contribution in [0.4, 0.5) is 0 Å². The monoisotopic (exact) mass is 738 g/mol. The van der Waals surface area contributed by atoms with Crippen molar-refractivity contribution in [2.75, 3.05) is 54.1 Å². The Morgan fingerprint density at radius 3 is 1.69 bits per heavy atom. The van der Waals surface area contributed by atoms with E-state index in [-0.39, 0.29) is 32.2 Å². The van der Waals surface area contributed by atoms with Crippen molar-refractivity contribution in [2.45, 2.75) is 148 Å². The zero-order valence-corrected chi connectivity index (χ0v) is 34.2. The first-order valence-electron chi connectivity index (χ1n) is 20.0. The van der Waals surface area contributed by atoms with Gasteiger partial charge >= 0.3 is 5.97 Å². The van der Waals surface area contributed by atoms with Crippen LogP contribution in [0.25, 0.3) is 0 Å². The molecule has 0 N–H and O–H groups in total. The highest BCUT2D eigenvalue weighted by Crippen LogP contribution is 2.38. The Balaban J connectivity index is 4.34. The second kappa shape index (κ2) is 35.2. The summed E-state index contributed by atoms with van der Waals surface area (Å²) in [5, 5.41) is 0. The number of hydrogen-bond donors (Lipinski definition) is 0. The summed E-state index contributed by atoms with van der Waals surface area (Å²) in [6.07, 6.45) is 42.3. The lowest BCUT2D eigenvalue weighted by atomic mass is 10.1. The summed E-state index contributed by atoms with van der Waals surface area (Å²) < 4.78 is 34.4. The molecule has 0 aromatic rings. The van der Waals surface area contributed by atoms with Gasteiger partial charge in [-0.3, -0.25) is 9.36 Å². The van der Waals surface area contributed by atoms with Crippen LogP contribution < -0.4 is 4.89 Å². The molecule has 0 rings (SSSR count). The number of carbonyl (C=O) groups excluding carboxylic acids is 1. The maximum atomic E-state index is 12.6. The Morgan fingerprint density at radius 2 is 1.14 bits per heavy atom. The van der Waals surface area contributed by atoms with Crippen LogP contribution in [0.15, 0.2) is 60.8 Å². The third-order valence-electron chi connectivity index (χ3n) is 8.08. The average Bonchev–Trinajstić information content (AvgIpc) is 3.08. The van der Waals surface area contributed by atoms with Crippen molar-refractivity contribution >= 4 is 13.8 Å². The summed E-state index contributed by atoms with van der Waals surface area (Å²) in [7, 11) is 1.32. The fraction of sp³-hybridized carbons (Fsp3) is 0.738. The van der Waals surface area contributed by atoms with E-state index in [0.717, 1.165) is 64.2 Å². The fourth-order valence-corrected chi connectivity index (χ4v) is 5.71. The van der Waals surface area contributed by atoms with Crippen LogP contribution in [0.2, 0.25) is 0 Å². The van der Waals surface area contributed by atoms with Gasteiger partial charge in [0.05, 0.1) is 34.4 Å². The summed E-state index contributed by atoms with van der Waals surface area (Å²) in [5.41, 5.74) is 0. The highest BCUT2D eigenvalue weighted by atomic mass is 31.2. The van der Waals surface area contributed by atoms with Gasteiger partial charge in [-0.1, -0.05) is 139 Å². The summed E-state index contributed by atoms with van der Waals surface area (Å²) in [6.45, 7) is 5.22. The Hall–Kier alpha value is -1.80. The number of phosphoric ester groups is 1. The number of unbranched alkanes of at least 4 members (excludes halogenated alkanes) is 12. The molecule has 0 saturated carbocycles. The van der Waals surface area contributed by atoms with E-state index in [1.54, 1.807) is 0 Å². The largest absolute Gasteiger partial charge is 0.756 e. The van der Waals surface area contributed by atoms with E-state index >= 15 is 0 Å². The molecule has 0 aliphatic rings. The average molecular weight is 738 g/mol. The first kappa shape index (κ1) is 49.2. The molecule has 0 aliphatic carbocycles. The summed E-state index contributed by atoms with van der Waals surface area (Å²) in [5.74, 6) is -0.368.